The van der Waals surface area contributed by atoms with Crippen LogP contribution < -0.4 is 10.6 Å². The molecule has 0 atom stereocenters. The molecule has 0 spiro atoms. The molecule has 1 aliphatic heterocycles. The van der Waals surface area contributed by atoms with Crippen molar-refractivity contribution in [3.05, 3.63) is 18.0 Å². The van der Waals surface area contributed by atoms with Gasteiger partial charge < -0.3 is 20.4 Å². The van der Waals surface area contributed by atoms with E-state index in [1.165, 1.54) is 16.6 Å². The van der Waals surface area contributed by atoms with Gasteiger partial charge in [-0.15, -0.1) is 0 Å². The molecule has 1 aromatic heterocycles. The standard InChI is InChI=1S/C18H28N4O5S/c1-2-19-17(24)18(6-4-3-5-7-18)21-16(23)15-12-14(13-20-15)28(25,26)22-8-10-27-11-9-22/h12-13,20H,2-11H2,1H3,(H,19,24)(H,21,23). The molecule has 2 fully saturated rings. The number of amides is 2. The number of H-pyrrole nitrogens is 1. The lowest BCUT2D eigenvalue weighted by molar-refractivity contribution is -0.128. The van der Waals surface area contributed by atoms with Gasteiger partial charge in [-0.1, -0.05) is 19.3 Å². The second kappa shape index (κ2) is 8.62. The zero-order valence-corrected chi connectivity index (χ0v) is 16.9. The molecule has 0 bridgehead atoms. The van der Waals surface area contributed by atoms with Crippen LogP contribution in [-0.4, -0.2) is 67.9 Å². The fourth-order valence-corrected chi connectivity index (χ4v) is 5.17. The number of hydrogen-bond donors (Lipinski definition) is 3. The Hall–Kier alpha value is -1.91. The summed E-state index contributed by atoms with van der Waals surface area (Å²) < 4.78 is 32.0. The van der Waals surface area contributed by atoms with Gasteiger partial charge in [0.25, 0.3) is 5.91 Å². The van der Waals surface area contributed by atoms with Crippen molar-refractivity contribution in [1.82, 2.24) is 19.9 Å². The van der Waals surface area contributed by atoms with Crippen LogP contribution in [0.5, 0.6) is 0 Å². The highest BCUT2D eigenvalue weighted by molar-refractivity contribution is 7.89. The summed E-state index contributed by atoms with van der Waals surface area (Å²) >= 11 is 0. The summed E-state index contributed by atoms with van der Waals surface area (Å²) in [5.41, 5.74) is -0.819. The fraction of sp³-hybridized carbons (Fsp3) is 0.667. The monoisotopic (exact) mass is 412 g/mol. The average molecular weight is 413 g/mol. The van der Waals surface area contributed by atoms with Crippen LogP contribution in [-0.2, 0) is 19.6 Å². The van der Waals surface area contributed by atoms with E-state index in [4.69, 9.17) is 4.74 Å². The Kier molecular flexibility index (Phi) is 6.41. The molecular weight excluding hydrogens is 384 g/mol. The molecule has 0 aromatic carbocycles. The molecular formula is C18H28N4O5S. The maximum absolute atomic E-state index is 12.8. The Labute approximate surface area is 165 Å². The molecule has 3 N–H and O–H groups in total. The number of morpholine rings is 1. The predicted molar refractivity (Wildman–Crippen MR) is 102 cm³/mol. The molecule has 1 saturated carbocycles. The smallest absolute Gasteiger partial charge is 0.268 e. The minimum atomic E-state index is -3.69. The summed E-state index contributed by atoms with van der Waals surface area (Å²) in [6.07, 6.45) is 5.22. The quantitative estimate of drug-likeness (QED) is 0.632. The van der Waals surface area contributed by atoms with E-state index in [0.29, 0.717) is 32.6 Å². The molecule has 2 aliphatic rings. The number of likely N-dealkylation sites (N-methyl/N-ethyl adjacent to an activating group) is 1. The lowest BCUT2D eigenvalue weighted by Crippen LogP contribution is -2.59. The molecule has 10 heteroatoms. The Morgan fingerprint density at radius 1 is 1.21 bits per heavy atom. The van der Waals surface area contributed by atoms with E-state index in [1.54, 1.807) is 0 Å². The Morgan fingerprint density at radius 3 is 2.54 bits per heavy atom. The van der Waals surface area contributed by atoms with Gasteiger partial charge in [0.05, 0.1) is 13.2 Å². The van der Waals surface area contributed by atoms with Crippen LogP contribution in [0, 0.1) is 0 Å². The number of sulfonamides is 1. The molecule has 2 heterocycles. The predicted octanol–water partition coefficient (Wildman–Crippen LogP) is 0.604. The van der Waals surface area contributed by atoms with Crippen LogP contribution in [0.25, 0.3) is 0 Å². The van der Waals surface area contributed by atoms with Crippen LogP contribution in [0.2, 0.25) is 0 Å². The summed E-state index contributed by atoms with van der Waals surface area (Å²) in [6.45, 7) is 3.60. The first-order valence-electron chi connectivity index (χ1n) is 9.76. The van der Waals surface area contributed by atoms with Gasteiger partial charge in [0.2, 0.25) is 15.9 Å². The van der Waals surface area contributed by atoms with Gasteiger partial charge in [-0.05, 0) is 25.8 Å². The van der Waals surface area contributed by atoms with Gasteiger partial charge in [-0.25, -0.2) is 8.42 Å². The Bertz CT molecular complexity index is 808. The molecule has 0 radical (unpaired) electrons. The first-order valence-corrected chi connectivity index (χ1v) is 11.2. The van der Waals surface area contributed by atoms with Gasteiger partial charge in [-0.3, -0.25) is 9.59 Å². The van der Waals surface area contributed by atoms with Crippen LogP contribution >= 0.6 is 0 Å². The molecule has 28 heavy (non-hydrogen) atoms. The average Bonchev–Trinajstić information content (AvgIpc) is 3.21. The van der Waals surface area contributed by atoms with Crippen molar-refractivity contribution in [3.8, 4) is 0 Å². The summed E-state index contributed by atoms with van der Waals surface area (Å²) in [5, 5.41) is 5.67. The number of aromatic nitrogens is 1. The van der Waals surface area contributed by atoms with E-state index in [1.807, 2.05) is 6.92 Å². The fourth-order valence-electron chi connectivity index (χ4n) is 3.77. The number of aromatic amines is 1. The van der Waals surface area contributed by atoms with Crippen molar-refractivity contribution >= 4 is 21.8 Å². The van der Waals surface area contributed by atoms with Crippen LogP contribution in [0.1, 0.15) is 49.5 Å². The van der Waals surface area contributed by atoms with Gasteiger partial charge in [0.15, 0.2) is 0 Å². The highest BCUT2D eigenvalue weighted by Crippen LogP contribution is 2.29. The van der Waals surface area contributed by atoms with E-state index in [0.717, 1.165) is 19.3 Å². The highest BCUT2D eigenvalue weighted by Gasteiger charge is 2.41. The largest absolute Gasteiger partial charge is 0.379 e. The normalized spacial score (nSPS) is 20.5. The van der Waals surface area contributed by atoms with Crippen molar-refractivity contribution in [2.45, 2.75) is 49.5 Å². The summed E-state index contributed by atoms with van der Waals surface area (Å²) in [5.74, 6) is -0.660. The van der Waals surface area contributed by atoms with E-state index in [9.17, 15) is 18.0 Å². The minimum absolute atomic E-state index is 0.0373. The van der Waals surface area contributed by atoms with Gasteiger partial charge in [0, 0.05) is 25.8 Å². The lowest BCUT2D eigenvalue weighted by atomic mass is 9.80. The maximum atomic E-state index is 12.8. The first kappa shape index (κ1) is 20.8. The van der Waals surface area contributed by atoms with Crippen LogP contribution in [0.3, 0.4) is 0 Å². The van der Waals surface area contributed by atoms with Crippen molar-refractivity contribution in [3.63, 3.8) is 0 Å². The van der Waals surface area contributed by atoms with Crippen molar-refractivity contribution in [2.75, 3.05) is 32.8 Å². The van der Waals surface area contributed by atoms with Gasteiger partial charge in [0.1, 0.15) is 16.1 Å². The third-order valence-corrected chi connectivity index (χ3v) is 7.22. The Morgan fingerprint density at radius 2 is 1.89 bits per heavy atom. The topological polar surface area (TPSA) is 121 Å². The molecule has 9 nitrogen and oxygen atoms in total. The van der Waals surface area contributed by atoms with E-state index in [-0.39, 0.29) is 29.6 Å². The number of hydrogen-bond acceptors (Lipinski definition) is 5. The van der Waals surface area contributed by atoms with Crippen LogP contribution in [0.4, 0.5) is 0 Å². The summed E-state index contributed by atoms with van der Waals surface area (Å²) in [4.78, 5) is 28.2. The SMILES string of the molecule is CCNC(=O)C1(NC(=O)c2cc(S(=O)(=O)N3CCOCC3)c[nH]2)CCCCC1. The van der Waals surface area contributed by atoms with Gasteiger partial charge in [-0.2, -0.15) is 4.31 Å². The first-order chi connectivity index (χ1) is 13.4. The second-order valence-corrected chi connectivity index (χ2v) is 9.16. The van der Waals surface area contributed by atoms with Crippen molar-refractivity contribution in [2.24, 2.45) is 0 Å². The molecule has 1 saturated heterocycles. The zero-order valence-electron chi connectivity index (χ0n) is 16.1. The number of nitrogens with one attached hydrogen (secondary N) is 3. The molecule has 1 aromatic rings. The highest BCUT2D eigenvalue weighted by atomic mass is 32.2. The number of ether oxygens (including phenoxy) is 1. The molecule has 3 rings (SSSR count). The third kappa shape index (κ3) is 4.23. The summed E-state index contributed by atoms with van der Waals surface area (Å²) in [7, 11) is -3.69. The molecule has 0 unspecified atom stereocenters. The van der Waals surface area contributed by atoms with Crippen molar-refractivity contribution < 1.29 is 22.7 Å². The van der Waals surface area contributed by atoms with Crippen LogP contribution in [0.15, 0.2) is 17.2 Å². The lowest BCUT2D eigenvalue weighted by Gasteiger charge is -2.36. The Balaban J connectivity index is 1.76. The van der Waals surface area contributed by atoms with E-state index >= 15 is 0 Å². The van der Waals surface area contributed by atoms with Gasteiger partial charge >= 0.3 is 0 Å². The zero-order chi connectivity index (χ0) is 20.2. The molecule has 156 valence electrons. The molecule has 2 amide bonds. The van der Waals surface area contributed by atoms with Crippen molar-refractivity contribution in [1.29, 1.82) is 0 Å². The maximum Gasteiger partial charge on any atom is 0.268 e. The molecule has 1 aliphatic carbocycles. The minimum Gasteiger partial charge on any atom is -0.379 e. The van der Waals surface area contributed by atoms with E-state index in [2.05, 4.69) is 15.6 Å². The third-order valence-electron chi connectivity index (χ3n) is 5.34. The number of rotatable bonds is 6. The number of carbonyl (C=O) groups is 2. The number of nitrogens with zero attached hydrogens (tertiary/aromatic N) is 1. The number of carbonyl (C=O) groups excluding carboxylic acids is 2. The second-order valence-electron chi connectivity index (χ2n) is 7.22. The van der Waals surface area contributed by atoms with E-state index < -0.39 is 21.5 Å². The summed E-state index contributed by atoms with van der Waals surface area (Å²) in [6, 6.07) is 1.33.